The number of nitrogens with zero attached hydrogens (tertiary/aromatic N) is 2. The predicted octanol–water partition coefficient (Wildman–Crippen LogP) is 4.33. The number of methoxy groups -OCH3 is 1. The molecule has 0 fully saturated rings. The van der Waals surface area contributed by atoms with Crippen molar-refractivity contribution in [2.24, 2.45) is 0 Å². The molecule has 0 aliphatic rings. The fourth-order valence-electron chi connectivity index (χ4n) is 3.00. The molecular weight excluding hydrogens is 392 g/mol. The van der Waals surface area contributed by atoms with Gasteiger partial charge in [0.25, 0.3) is 0 Å². The van der Waals surface area contributed by atoms with E-state index >= 15 is 0 Å². The van der Waals surface area contributed by atoms with Gasteiger partial charge in [-0.15, -0.1) is 0 Å². The molecule has 4 N–H and O–H groups in total. The van der Waals surface area contributed by atoms with Gasteiger partial charge in [0.15, 0.2) is 0 Å². The Bertz CT molecular complexity index is 1010. The summed E-state index contributed by atoms with van der Waals surface area (Å²) >= 11 is 0. The molecule has 0 spiro atoms. The van der Waals surface area contributed by atoms with E-state index in [1.165, 1.54) is 0 Å². The zero-order valence-electron chi connectivity index (χ0n) is 18.0. The van der Waals surface area contributed by atoms with Crippen molar-refractivity contribution in [2.75, 3.05) is 36.1 Å². The molecule has 0 saturated heterocycles. The highest BCUT2D eigenvalue weighted by atomic mass is 16.5. The van der Waals surface area contributed by atoms with Crippen molar-refractivity contribution in [1.29, 1.82) is 0 Å². The minimum Gasteiger partial charge on any atom is -0.497 e. The Morgan fingerprint density at radius 3 is 2.55 bits per heavy atom. The van der Waals surface area contributed by atoms with E-state index in [1.54, 1.807) is 7.11 Å². The fourth-order valence-corrected chi connectivity index (χ4v) is 3.00. The molecule has 8 nitrogen and oxygen atoms in total. The zero-order chi connectivity index (χ0) is 22.1. The number of benzene rings is 2. The maximum absolute atomic E-state index is 12.1. The molecule has 1 heterocycles. The first-order valence-electron chi connectivity index (χ1n) is 10.2. The summed E-state index contributed by atoms with van der Waals surface area (Å²) in [5.74, 6) is 1.97. The SMILES string of the molecule is CCc1ccccc1NC(=O)NCCNc1nc(C)cc(Nc2ccc(OC)cc2)n1. The maximum atomic E-state index is 12.1. The molecule has 1 aromatic heterocycles. The van der Waals surface area contributed by atoms with Crippen LogP contribution >= 0.6 is 0 Å². The molecule has 0 radical (unpaired) electrons. The van der Waals surface area contributed by atoms with E-state index in [4.69, 9.17) is 4.74 Å². The number of hydrogen-bond acceptors (Lipinski definition) is 6. The third-order valence-electron chi connectivity index (χ3n) is 4.56. The number of carbonyl (C=O) groups is 1. The highest BCUT2D eigenvalue weighted by Crippen LogP contribution is 2.20. The normalized spacial score (nSPS) is 10.3. The number of aryl methyl sites for hydroxylation is 2. The number of para-hydroxylation sites is 1. The van der Waals surface area contributed by atoms with Crippen molar-refractivity contribution in [3.63, 3.8) is 0 Å². The lowest BCUT2D eigenvalue weighted by atomic mass is 10.1. The van der Waals surface area contributed by atoms with Gasteiger partial charge in [-0.1, -0.05) is 25.1 Å². The summed E-state index contributed by atoms with van der Waals surface area (Å²) in [6, 6.07) is 17.0. The van der Waals surface area contributed by atoms with Crippen molar-refractivity contribution in [3.05, 3.63) is 65.9 Å². The molecule has 0 saturated carbocycles. The summed E-state index contributed by atoms with van der Waals surface area (Å²) in [5.41, 5.74) is 3.65. The number of anilines is 4. The van der Waals surface area contributed by atoms with Crippen molar-refractivity contribution in [2.45, 2.75) is 20.3 Å². The molecule has 8 heteroatoms. The Morgan fingerprint density at radius 2 is 1.81 bits per heavy atom. The van der Waals surface area contributed by atoms with Crippen LogP contribution in [0.3, 0.4) is 0 Å². The van der Waals surface area contributed by atoms with Gasteiger partial charge in [0.05, 0.1) is 7.11 Å². The summed E-state index contributed by atoms with van der Waals surface area (Å²) in [6.07, 6.45) is 0.857. The van der Waals surface area contributed by atoms with Gasteiger partial charge in [-0.3, -0.25) is 0 Å². The van der Waals surface area contributed by atoms with Crippen LogP contribution in [0.4, 0.5) is 27.9 Å². The molecule has 0 atom stereocenters. The van der Waals surface area contributed by atoms with E-state index in [2.05, 4.69) is 38.2 Å². The average Bonchev–Trinajstić information content (AvgIpc) is 2.77. The first kappa shape index (κ1) is 21.9. The van der Waals surface area contributed by atoms with E-state index in [0.717, 1.165) is 34.8 Å². The second-order valence-electron chi connectivity index (χ2n) is 6.89. The Balaban J connectivity index is 1.49. The highest BCUT2D eigenvalue weighted by Gasteiger charge is 2.06. The van der Waals surface area contributed by atoms with E-state index < -0.39 is 0 Å². The van der Waals surface area contributed by atoms with Crippen molar-refractivity contribution < 1.29 is 9.53 Å². The summed E-state index contributed by atoms with van der Waals surface area (Å²) in [6.45, 7) is 4.89. The second-order valence-corrected chi connectivity index (χ2v) is 6.89. The number of carbonyl (C=O) groups excluding carboxylic acids is 1. The average molecular weight is 421 g/mol. The van der Waals surface area contributed by atoms with Gasteiger partial charge in [-0.05, 0) is 49.2 Å². The summed E-state index contributed by atoms with van der Waals surface area (Å²) in [7, 11) is 1.64. The van der Waals surface area contributed by atoms with Crippen molar-refractivity contribution in [1.82, 2.24) is 15.3 Å². The van der Waals surface area contributed by atoms with Crippen molar-refractivity contribution in [3.8, 4) is 5.75 Å². The maximum Gasteiger partial charge on any atom is 0.319 e. The van der Waals surface area contributed by atoms with E-state index in [-0.39, 0.29) is 6.03 Å². The lowest BCUT2D eigenvalue weighted by Crippen LogP contribution is -2.33. The first-order chi connectivity index (χ1) is 15.1. The van der Waals surface area contributed by atoms with Crippen LogP contribution in [0.2, 0.25) is 0 Å². The van der Waals surface area contributed by atoms with Crippen LogP contribution in [0, 0.1) is 6.92 Å². The van der Waals surface area contributed by atoms with Crippen LogP contribution in [-0.4, -0.2) is 36.2 Å². The van der Waals surface area contributed by atoms with Crippen molar-refractivity contribution >= 4 is 29.2 Å². The number of amides is 2. The van der Waals surface area contributed by atoms with Gasteiger partial charge in [-0.2, -0.15) is 4.98 Å². The van der Waals surface area contributed by atoms with Crippen LogP contribution in [0.25, 0.3) is 0 Å². The van der Waals surface area contributed by atoms with Crippen LogP contribution < -0.4 is 26.0 Å². The Morgan fingerprint density at radius 1 is 1.03 bits per heavy atom. The lowest BCUT2D eigenvalue weighted by molar-refractivity contribution is 0.252. The highest BCUT2D eigenvalue weighted by molar-refractivity contribution is 5.90. The topological polar surface area (TPSA) is 100 Å². The minimum atomic E-state index is -0.241. The van der Waals surface area contributed by atoms with Crippen LogP contribution in [0.1, 0.15) is 18.2 Å². The molecule has 0 aliphatic heterocycles. The van der Waals surface area contributed by atoms with Gasteiger partial charge >= 0.3 is 6.03 Å². The van der Waals surface area contributed by atoms with Gasteiger partial charge in [0, 0.05) is 36.2 Å². The lowest BCUT2D eigenvalue weighted by Gasteiger charge is -2.12. The molecule has 162 valence electrons. The molecule has 2 aromatic carbocycles. The minimum absolute atomic E-state index is 0.241. The quantitative estimate of drug-likeness (QED) is 0.385. The van der Waals surface area contributed by atoms with Gasteiger partial charge in [0.2, 0.25) is 5.95 Å². The number of ether oxygens (including phenoxy) is 1. The number of rotatable bonds is 9. The number of nitrogens with one attached hydrogen (secondary N) is 4. The third-order valence-corrected chi connectivity index (χ3v) is 4.56. The number of hydrogen-bond donors (Lipinski definition) is 4. The Kier molecular flexibility index (Phi) is 7.64. The molecule has 3 aromatic rings. The largest absolute Gasteiger partial charge is 0.497 e. The Labute approximate surface area is 182 Å². The van der Waals surface area contributed by atoms with Gasteiger partial charge in [0.1, 0.15) is 11.6 Å². The number of aromatic nitrogens is 2. The molecule has 0 unspecified atom stereocenters. The molecule has 0 aliphatic carbocycles. The fraction of sp³-hybridized carbons (Fsp3) is 0.261. The summed E-state index contributed by atoms with van der Waals surface area (Å²) in [4.78, 5) is 21.0. The molecule has 31 heavy (non-hydrogen) atoms. The van der Waals surface area contributed by atoms with E-state index in [0.29, 0.717) is 24.9 Å². The van der Waals surface area contributed by atoms with Gasteiger partial charge < -0.3 is 26.0 Å². The van der Waals surface area contributed by atoms with E-state index in [1.807, 2.05) is 61.5 Å². The number of urea groups is 1. The molecule has 3 rings (SSSR count). The monoisotopic (exact) mass is 420 g/mol. The van der Waals surface area contributed by atoms with E-state index in [9.17, 15) is 4.79 Å². The third kappa shape index (κ3) is 6.60. The molecular formula is C23H28N6O2. The van der Waals surface area contributed by atoms with Crippen LogP contribution in [-0.2, 0) is 6.42 Å². The van der Waals surface area contributed by atoms with Gasteiger partial charge in [-0.25, -0.2) is 9.78 Å². The van der Waals surface area contributed by atoms with Crippen LogP contribution in [0.15, 0.2) is 54.6 Å². The first-order valence-corrected chi connectivity index (χ1v) is 10.2. The predicted molar refractivity (Wildman–Crippen MR) is 124 cm³/mol. The second kappa shape index (κ2) is 10.8. The molecule has 2 amide bonds. The molecule has 0 bridgehead atoms. The standard InChI is InChI=1S/C23H28N6O2/c1-4-17-7-5-6-8-20(17)28-23(30)25-14-13-24-22-26-16(2)15-21(29-22)27-18-9-11-19(31-3)12-10-18/h5-12,15H,4,13-14H2,1-3H3,(H2,25,28,30)(H2,24,26,27,29). The summed E-state index contributed by atoms with van der Waals surface area (Å²) in [5, 5.41) is 12.1. The Hall–Kier alpha value is -3.81. The smallest absolute Gasteiger partial charge is 0.319 e. The summed E-state index contributed by atoms with van der Waals surface area (Å²) < 4.78 is 5.18. The zero-order valence-corrected chi connectivity index (χ0v) is 18.0. The van der Waals surface area contributed by atoms with Crippen LogP contribution in [0.5, 0.6) is 5.75 Å².